The Bertz CT molecular complexity index is 626. The summed E-state index contributed by atoms with van der Waals surface area (Å²) in [7, 11) is 0. The summed E-state index contributed by atoms with van der Waals surface area (Å²) in [6, 6.07) is 15.0. The van der Waals surface area contributed by atoms with Crippen LogP contribution in [0.2, 0.25) is 0 Å². The lowest BCUT2D eigenvalue weighted by Crippen LogP contribution is -2.30. The summed E-state index contributed by atoms with van der Waals surface area (Å²) >= 11 is 0. The first-order valence-corrected chi connectivity index (χ1v) is 7.42. The maximum absolute atomic E-state index is 11.9. The zero-order chi connectivity index (χ0) is 15.9. The van der Waals surface area contributed by atoms with E-state index in [0.29, 0.717) is 13.0 Å². The molecule has 116 valence electrons. The number of benzene rings is 2. The van der Waals surface area contributed by atoms with E-state index in [-0.39, 0.29) is 6.03 Å². The quantitative estimate of drug-likeness (QED) is 0.790. The Morgan fingerprint density at radius 3 is 2.55 bits per heavy atom. The summed E-state index contributed by atoms with van der Waals surface area (Å²) in [4.78, 5) is 11.9. The van der Waals surface area contributed by atoms with E-state index in [1.54, 1.807) is 0 Å². The van der Waals surface area contributed by atoms with Gasteiger partial charge in [-0.05, 0) is 43.0 Å². The highest BCUT2D eigenvalue weighted by molar-refractivity contribution is 5.90. The normalized spacial score (nSPS) is 11.8. The van der Waals surface area contributed by atoms with E-state index < -0.39 is 6.10 Å². The Labute approximate surface area is 131 Å². The molecule has 0 fully saturated rings. The average Bonchev–Trinajstić information content (AvgIpc) is 2.52. The molecule has 4 heteroatoms. The van der Waals surface area contributed by atoms with Crippen LogP contribution in [-0.4, -0.2) is 17.7 Å². The third-order valence-corrected chi connectivity index (χ3v) is 3.74. The lowest BCUT2D eigenvalue weighted by Gasteiger charge is -2.13. The van der Waals surface area contributed by atoms with Crippen molar-refractivity contribution in [3.63, 3.8) is 0 Å². The number of carbonyl (C=O) groups excluding carboxylic acids is 1. The van der Waals surface area contributed by atoms with Crippen LogP contribution in [0.4, 0.5) is 10.5 Å². The van der Waals surface area contributed by atoms with E-state index in [2.05, 4.69) is 10.6 Å². The predicted molar refractivity (Wildman–Crippen MR) is 89.0 cm³/mol. The largest absolute Gasteiger partial charge is 0.388 e. The highest BCUT2D eigenvalue weighted by Gasteiger charge is 2.08. The van der Waals surface area contributed by atoms with Gasteiger partial charge in [0, 0.05) is 12.2 Å². The lowest BCUT2D eigenvalue weighted by atomic mass is 10.1. The van der Waals surface area contributed by atoms with Gasteiger partial charge in [0.2, 0.25) is 0 Å². The number of aryl methyl sites for hydroxylation is 1. The average molecular weight is 298 g/mol. The van der Waals surface area contributed by atoms with E-state index in [1.165, 1.54) is 0 Å². The Morgan fingerprint density at radius 2 is 1.82 bits per heavy atom. The molecule has 1 atom stereocenters. The molecule has 0 saturated carbocycles. The molecule has 0 bridgehead atoms. The Balaban J connectivity index is 1.80. The summed E-state index contributed by atoms with van der Waals surface area (Å²) in [5, 5.41) is 15.6. The van der Waals surface area contributed by atoms with Crippen molar-refractivity contribution in [2.45, 2.75) is 26.4 Å². The van der Waals surface area contributed by atoms with Crippen LogP contribution in [0.3, 0.4) is 0 Å². The number of hydrogen-bond donors (Lipinski definition) is 3. The molecule has 0 radical (unpaired) electrons. The molecular weight excluding hydrogens is 276 g/mol. The topological polar surface area (TPSA) is 61.4 Å². The third kappa shape index (κ3) is 4.33. The molecule has 1 unspecified atom stereocenters. The van der Waals surface area contributed by atoms with Gasteiger partial charge in [0.25, 0.3) is 0 Å². The molecule has 0 saturated heterocycles. The van der Waals surface area contributed by atoms with Gasteiger partial charge in [-0.15, -0.1) is 0 Å². The number of nitrogens with one attached hydrogen (secondary N) is 2. The maximum Gasteiger partial charge on any atom is 0.319 e. The number of amides is 2. The summed E-state index contributed by atoms with van der Waals surface area (Å²) in [5.41, 5.74) is 3.86. The fourth-order valence-electron chi connectivity index (χ4n) is 2.22. The van der Waals surface area contributed by atoms with Crippen molar-refractivity contribution in [2.24, 2.45) is 0 Å². The molecular formula is C18H22N2O2. The molecule has 22 heavy (non-hydrogen) atoms. The molecule has 4 nitrogen and oxygen atoms in total. The van der Waals surface area contributed by atoms with Crippen molar-refractivity contribution in [1.82, 2.24) is 5.32 Å². The van der Waals surface area contributed by atoms with Crippen molar-refractivity contribution in [3.05, 3.63) is 65.2 Å². The zero-order valence-corrected chi connectivity index (χ0v) is 13.0. The highest BCUT2D eigenvalue weighted by atomic mass is 16.3. The van der Waals surface area contributed by atoms with Crippen LogP contribution in [0, 0.1) is 13.8 Å². The summed E-state index contributed by atoms with van der Waals surface area (Å²) in [6.45, 7) is 4.39. The highest BCUT2D eigenvalue weighted by Crippen LogP contribution is 2.18. The molecule has 2 aromatic rings. The van der Waals surface area contributed by atoms with Gasteiger partial charge in [0.05, 0.1) is 6.10 Å². The smallest absolute Gasteiger partial charge is 0.319 e. The number of aliphatic hydroxyl groups is 1. The van der Waals surface area contributed by atoms with Crippen LogP contribution in [-0.2, 0) is 0 Å². The molecule has 0 aliphatic carbocycles. The van der Waals surface area contributed by atoms with Gasteiger partial charge in [0.1, 0.15) is 0 Å². The minimum Gasteiger partial charge on any atom is -0.388 e. The van der Waals surface area contributed by atoms with Gasteiger partial charge in [-0.2, -0.15) is 0 Å². The monoisotopic (exact) mass is 298 g/mol. The van der Waals surface area contributed by atoms with Crippen LogP contribution >= 0.6 is 0 Å². The molecule has 3 N–H and O–H groups in total. The van der Waals surface area contributed by atoms with Gasteiger partial charge in [-0.25, -0.2) is 4.79 Å². The van der Waals surface area contributed by atoms with Crippen molar-refractivity contribution in [3.8, 4) is 0 Å². The van der Waals surface area contributed by atoms with Gasteiger partial charge in [-0.3, -0.25) is 0 Å². The second kappa shape index (κ2) is 7.61. The third-order valence-electron chi connectivity index (χ3n) is 3.74. The first-order valence-electron chi connectivity index (χ1n) is 7.42. The summed E-state index contributed by atoms with van der Waals surface area (Å²) < 4.78 is 0. The second-order valence-electron chi connectivity index (χ2n) is 5.34. The number of urea groups is 1. The van der Waals surface area contributed by atoms with Crippen LogP contribution in [0.25, 0.3) is 0 Å². The van der Waals surface area contributed by atoms with Crippen molar-refractivity contribution in [1.29, 1.82) is 0 Å². The van der Waals surface area contributed by atoms with Gasteiger partial charge in [-0.1, -0.05) is 42.5 Å². The molecule has 2 amide bonds. The van der Waals surface area contributed by atoms with Crippen molar-refractivity contribution < 1.29 is 9.90 Å². The van der Waals surface area contributed by atoms with Crippen LogP contribution in [0.1, 0.15) is 29.2 Å². The van der Waals surface area contributed by atoms with E-state index in [4.69, 9.17) is 0 Å². The zero-order valence-electron chi connectivity index (χ0n) is 13.0. The predicted octanol–water partition coefficient (Wildman–Crippen LogP) is 3.55. The Hall–Kier alpha value is -2.33. The second-order valence-corrected chi connectivity index (χ2v) is 5.34. The summed E-state index contributed by atoms with van der Waals surface area (Å²) in [5.74, 6) is 0. The number of hydrogen-bond acceptors (Lipinski definition) is 2. The minimum absolute atomic E-state index is 0.256. The molecule has 0 aliphatic rings. The van der Waals surface area contributed by atoms with E-state index >= 15 is 0 Å². The van der Waals surface area contributed by atoms with E-state index in [1.807, 2.05) is 62.4 Å². The molecule has 0 heterocycles. The van der Waals surface area contributed by atoms with E-state index in [9.17, 15) is 9.90 Å². The standard InChI is InChI=1S/C18H22N2O2/c1-13-7-6-10-16(14(13)2)20-18(22)19-12-11-17(21)15-8-4-3-5-9-15/h3-10,17,21H,11-12H2,1-2H3,(H2,19,20,22). The van der Waals surface area contributed by atoms with Crippen molar-refractivity contribution >= 4 is 11.7 Å². The molecule has 2 rings (SSSR count). The Morgan fingerprint density at radius 1 is 1.09 bits per heavy atom. The fourth-order valence-corrected chi connectivity index (χ4v) is 2.22. The molecule has 0 aromatic heterocycles. The minimum atomic E-state index is -0.567. The summed E-state index contributed by atoms with van der Waals surface area (Å²) in [6.07, 6.45) is -0.0910. The first kappa shape index (κ1) is 16.0. The number of anilines is 1. The van der Waals surface area contributed by atoms with E-state index in [0.717, 1.165) is 22.4 Å². The number of rotatable bonds is 5. The maximum atomic E-state index is 11.9. The fraction of sp³-hybridized carbons (Fsp3) is 0.278. The van der Waals surface area contributed by atoms with Crippen molar-refractivity contribution in [2.75, 3.05) is 11.9 Å². The lowest BCUT2D eigenvalue weighted by molar-refractivity contribution is 0.167. The van der Waals surface area contributed by atoms with Gasteiger partial charge >= 0.3 is 6.03 Å². The number of aliphatic hydroxyl groups excluding tert-OH is 1. The van der Waals surface area contributed by atoms with Gasteiger partial charge in [0.15, 0.2) is 0 Å². The Kier molecular flexibility index (Phi) is 5.55. The number of carbonyl (C=O) groups is 1. The molecule has 2 aromatic carbocycles. The van der Waals surface area contributed by atoms with Crippen LogP contribution in [0.15, 0.2) is 48.5 Å². The van der Waals surface area contributed by atoms with Crippen LogP contribution in [0.5, 0.6) is 0 Å². The van der Waals surface area contributed by atoms with Crippen LogP contribution < -0.4 is 10.6 Å². The first-order chi connectivity index (χ1) is 10.6. The molecule has 0 spiro atoms. The van der Waals surface area contributed by atoms with Gasteiger partial charge < -0.3 is 15.7 Å². The SMILES string of the molecule is Cc1cccc(NC(=O)NCCC(O)c2ccccc2)c1C. The molecule has 0 aliphatic heterocycles.